The van der Waals surface area contributed by atoms with E-state index in [0.717, 1.165) is 53.5 Å². The molecule has 0 aliphatic heterocycles. The van der Waals surface area contributed by atoms with Crippen LogP contribution in [0.1, 0.15) is 65.8 Å². The molecule has 55 heavy (non-hydrogen) atoms. The summed E-state index contributed by atoms with van der Waals surface area (Å²) in [5.41, 5.74) is 9.01. The van der Waals surface area contributed by atoms with E-state index in [4.69, 9.17) is 14.7 Å². The number of ketones is 1. The van der Waals surface area contributed by atoms with E-state index in [1.54, 1.807) is 19.1 Å². The molecule has 14 heteroatoms. The molecule has 0 radical (unpaired) electrons. The molecule has 0 bridgehead atoms. The van der Waals surface area contributed by atoms with Gasteiger partial charge in [0.2, 0.25) is 0 Å². The van der Waals surface area contributed by atoms with Crippen molar-refractivity contribution in [2.75, 3.05) is 6.61 Å². The zero-order valence-electron chi connectivity index (χ0n) is 32.0. The van der Waals surface area contributed by atoms with E-state index in [1.165, 1.54) is 22.8 Å². The minimum atomic E-state index is -0.455. The number of halogens is 5. The number of thiol groups is 1. The third-order valence-corrected chi connectivity index (χ3v) is 8.45. The average molecular weight is 1270 g/mol. The molecule has 1 N–H and O–H groups in total. The predicted molar refractivity (Wildman–Crippen MR) is 263 cm³/mol. The van der Waals surface area contributed by atoms with Gasteiger partial charge in [0.05, 0.1) is 16.6 Å². The number of fused-ring (bicyclic) bond motifs is 3. The van der Waals surface area contributed by atoms with E-state index in [1.807, 2.05) is 70.2 Å². The molecule has 0 spiro atoms. The summed E-state index contributed by atoms with van der Waals surface area (Å²) >= 11 is 18.4. The zero-order chi connectivity index (χ0) is 42.2. The van der Waals surface area contributed by atoms with Crippen molar-refractivity contribution in [3.05, 3.63) is 129 Å². The Labute approximate surface area is 385 Å². The number of aromatic nitrogens is 3. The summed E-state index contributed by atoms with van der Waals surface area (Å²) < 4.78 is 2.20. The molecule has 0 aliphatic carbocycles. The molecule has 0 fully saturated rings. The van der Waals surface area contributed by atoms with Crippen LogP contribution in [0.4, 0.5) is 0 Å². The number of carbonyl (C=O) groups is 1. The Kier molecular flexibility index (Phi) is 29.5. The SMILES string of the molecule is CCC(C)S.Cc1cc(C)c2cc(Br)ccc2n1.Cc1cc(C)c2cc(C(=O)CO)ccc2n1.Cc1ccc2cc(Br)ccc2n1.O=C=O.[CH2-]C.[I][V]([I])[I]. The maximum absolute atomic E-state index is 11.4. The maximum atomic E-state index is 11.4. The topological polar surface area (TPSA) is 110 Å². The predicted octanol–water partition coefficient (Wildman–Crippen LogP) is 13.6. The van der Waals surface area contributed by atoms with Gasteiger partial charge in [-0.2, -0.15) is 29.1 Å². The summed E-state index contributed by atoms with van der Waals surface area (Å²) in [4.78, 5) is 40.6. The number of pyridine rings is 3. The van der Waals surface area contributed by atoms with Crippen molar-refractivity contribution >= 4 is 149 Å². The van der Waals surface area contributed by atoms with Crippen LogP contribution in [0.15, 0.2) is 87.8 Å². The second kappa shape index (κ2) is 30.1. The summed E-state index contributed by atoms with van der Waals surface area (Å²) in [6.45, 7) is 18.8. The molecule has 0 saturated heterocycles. The van der Waals surface area contributed by atoms with E-state index in [2.05, 4.69) is 171 Å². The fourth-order valence-electron chi connectivity index (χ4n) is 4.56. The van der Waals surface area contributed by atoms with Crippen molar-refractivity contribution in [3.8, 4) is 0 Å². The van der Waals surface area contributed by atoms with Gasteiger partial charge in [-0.25, -0.2) is 0 Å². The monoisotopic (exact) mass is 1270 g/mol. The van der Waals surface area contributed by atoms with Gasteiger partial charge in [0, 0.05) is 47.7 Å². The number of aliphatic hydroxyl groups excluding tert-OH is 1. The average Bonchev–Trinajstić information content (AvgIpc) is 3.13. The van der Waals surface area contributed by atoms with E-state index in [9.17, 15) is 4.79 Å². The minimum absolute atomic E-state index is 0.250. The Balaban J connectivity index is 0.000000685. The number of carbonyl (C=O) groups excluding carboxylic acids is 3. The Hall–Kier alpha value is -1.02. The third-order valence-electron chi connectivity index (χ3n) is 7.10. The molecule has 6 rings (SSSR count). The van der Waals surface area contributed by atoms with Crippen molar-refractivity contribution < 1.29 is 24.4 Å². The molecule has 0 aliphatic rings. The van der Waals surface area contributed by atoms with Crippen LogP contribution in [0, 0.1) is 41.5 Å². The number of nitrogens with zero attached hydrogens (tertiary/aromatic N) is 3. The fourth-order valence-corrected chi connectivity index (χ4v) is 5.30. The number of benzene rings is 3. The van der Waals surface area contributed by atoms with Crippen LogP contribution in [-0.4, -0.2) is 43.9 Å². The van der Waals surface area contributed by atoms with Crippen LogP contribution >= 0.6 is 104 Å². The third kappa shape index (κ3) is 22.1. The van der Waals surface area contributed by atoms with Crippen LogP contribution in [0.3, 0.4) is 0 Å². The van der Waals surface area contributed by atoms with E-state index in [-0.39, 0.29) is 16.9 Å². The van der Waals surface area contributed by atoms with Crippen molar-refractivity contribution in [2.45, 2.75) is 67.1 Å². The zero-order valence-corrected chi connectivity index (χ0v) is 43.9. The van der Waals surface area contributed by atoms with Crippen molar-refractivity contribution in [1.29, 1.82) is 0 Å². The Morgan fingerprint density at radius 1 is 0.745 bits per heavy atom. The standard InChI is InChI=1S/C13H13NO2.C11H10BrN.C10H8BrN.C4H10S.C2H5.CO2.3HI.V/c1-8-5-9(2)14-12-4-3-10(6-11(8)12)13(16)7-15;1-7-5-8(2)13-11-4-3-9(12)6-10(7)11;1-7-2-3-8-6-9(11)4-5-10(8)12-7;1-3-4(2)5;1-2;2-1-3;;;;/h3-6,15H,7H2,1-2H3;3-6H,1-2H3;2-6H,1H3;4-5H,3H2,1-2H3;1H2,2H3;;3*1H;/q;;;;-1;;;;;+3/p-3. The normalized spacial score (nSPS) is 10.2. The number of hydrogen-bond acceptors (Lipinski definition) is 8. The first-order valence-electron chi connectivity index (χ1n) is 16.7. The first-order valence-corrected chi connectivity index (χ1v) is 32.3. The number of aryl methyl sites for hydroxylation is 5. The molecule has 6 aromatic rings. The van der Waals surface area contributed by atoms with Gasteiger partial charge in [0.1, 0.15) is 6.61 Å². The molecule has 3 heterocycles. The van der Waals surface area contributed by atoms with E-state index in [0.29, 0.717) is 10.8 Å². The molecular weight excluding hydrogens is 1220 g/mol. The van der Waals surface area contributed by atoms with Gasteiger partial charge >= 0.3 is 71.0 Å². The second-order valence-corrected chi connectivity index (χ2v) is 49.5. The molecule has 3 aromatic heterocycles. The Morgan fingerprint density at radius 3 is 1.60 bits per heavy atom. The molecule has 3 aromatic carbocycles. The summed E-state index contributed by atoms with van der Waals surface area (Å²) in [6, 6.07) is 25.8. The molecule has 1 unspecified atom stereocenters. The molecular formula is C41H46Br2I3N3O4SV-. The summed E-state index contributed by atoms with van der Waals surface area (Å²) in [5.74, 6) is -0.262. The first-order chi connectivity index (χ1) is 25.9. The van der Waals surface area contributed by atoms with Gasteiger partial charge in [-0.15, -0.1) is 0 Å². The van der Waals surface area contributed by atoms with Gasteiger partial charge in [-0.05, 0) is 130 Å². The van der Waals surface area contributed by atoms with E-state index >= 15 is 0 Å². The Morgan fingerprint density at radius 2 is 1.15 bits per heavy atom. The number of hydrogen-bond donors (Lipinski definition) is 2. The quantitative estimate of drug-likeness (QED) is 0.0786. The van der Waals surface area contributed by atoms with Gasteiger partial charge < -0.3 is 12.0 Å². The molecule has 1 atom stereocenters. The van der Waals surface area contributed by atoms with Crippen molar-refractivity contribution in [2.24, 2.45) is 0 Å². The van der Waals surface area contributed by atoms with Crippen molar-refractivity contribution in [1.82, 2.24) is 15.0 Å². The fraction of sp³-hybridized carbons (Fsp3) is 0.268. The van der Waals surface area contributed by atoms with Gasteiger partial charge in [-0.3, -0.25) is 19.7 Å². The molecule has 7 nitrogen and oxygen atoms in total. The number of aliphatic hydroxyl groups is 1. The van der Waals surface area contributed by atoms with Crippen LogP contribution in [0.2, 0.25) is 0 Å². The first kappa shape index (κ1) is 54.0. The summed E-state index contributed by atoms with van der Waals surface area (Å²) in [7, 11) is 0. The van der Waals surface area contributed by atoms with Crippen LogP contribution in [0.25, 0.3) is 32.7 Å². The summed E-state index contributed by atoms with van der Waals surface area (Å²) in [5, 5.41) is 12.7. The van der Waals surface area contributed by atoms with Crippen LogP contribution in [0.5, 0.6) is 0 Å². The molecule has 296 valence electrons. The number of rotatable bonds is 3. The summed E-state index contributed by atoms with van der Waals surface area (Å²) in [6.07, 6.45) is 1.42. The van der Waals surface area contributed by atoms with Crippen LogP contribution in [-0.2, 0) is 14.5 Å². The Bertz CT molecular complexity index is 2090. The van der Waals surface area contributed by atoms with Gasteiger partial charge in [0.25, 0.3) is 0 Å². The number of Topliss-reactive ketones (excluding diaryl/α,β-unsaturated/α-hetero) is 1. The van der Waals surface area contributed by atoms with Crippen LogP contribution < -0.4 is 0 Å². The second-order valence-electron chi connectivity index (χ2n) is 11.5. The molecule has 0 saturated carbocycles. The van der Waals surface area contributed by atoms with Gasteiger partial charge in [0.15, 0.2) is 5.78 Å². The van der Waals surface area contributed by atoms with Crippen molar-refractivity contribution in [3.63, 3.8) is 0 Å². The van der Waals surface area contributed by atoms with Gasteiger partial charge in [-0.1, -0.05) is 51.8 Å². The molecule has 0 amide bonds. The van der Waals surface area contributed by atoms with E-state index < -0.39 is 6.61 Å².